The molecule has 0 aromatic heterocycles. The number of benzene rings is 1. The van der Waals surface area contributed by atoms with Gasteiger partial charge in [0.1, 0.15) is 12.4 Å². The van der Waals surface area contributed by atoms with Gasteiger partial charge in [0.05, 0.1) is 0 Å². The molecule has 0 aliphatic carbocycles. The van der Waals surface area contributed by atoms with Gasteiger partial charge in [0.15, 0.2) is 0 Å². The molecule has 0 aliphatic heterocycles. The van der Waals surface area contributed by atoms with E-state index in [0.717, 1.165) is 12.3 Å². The van der Waals surface area contributed by atoms with E-state index in [-0.39, 0.29) is 0 Å². The highest BCUT2D eigenvalue weighted by atomic mass is 35.5. The topological polar surface area (TPSA) is 21.3 Å². The van der Waals surface area contributed by atoms with Gasteiger partial charge < -0.3 is 10.1 Å². The van der Waals surface area contributed by atoms with Gasteiger partial charge in [0.25, 0.3) is 0 Å². The second kappa shape index (κ2) is 6.56. The molecular weight excluding hydrogens is 222 g/mol. The molecular formula is C13H18ClNO. The van der Waals surface area contributed by atoms with Crippen LogP contribution in [0.25, 0.3) is 0 Å². The van der Waals surface area contributed by atoms with Gasteiger partial charge in [0.2, 0.25) is 0 Å². The molecule has 0 amide bonds. The van der Waals surface area contributed by atoms with E-state index >= 15 is 0 Å². The Morgan fingerprint density at radius 1 is 1.38 bits per heavy atom. The molecule has 1 N–H and O–H groups in total. The van der Waals surface area contributed by atoms with E-state index in [1.165, 1.54) is 5.56 Å². The van der Waals surface area contributed by atoms with E-state index in [0.29, 0.717) is 17.7 Å². The molecule has 0 radical (unpaired) electrons. The molecule has 0 saturated carbocycles. The Kier molecular flexibility index (Phi) is 5.36. The average Bonchev–Trinajstić information content (AvgIpc) is 2.25. The molecule has 0 unspecified atom stereocenters. The minimum atomic E-state index is 0.352. The Morgan fingerprint density at radius 3 is 2.50 bits per heavy atom. The highest BCUT2D eigenvalue weighted by Gasteiger charge is 1.97. The quantitative estimate of drug-likeness (QED) is 0.823. The average molecular weight is 240 g/mol. The summed E-state index contributed by atoms with van der Waals surface area (Å²) in [5, 5.41) is 3.86. The van der Waals surface area contributed by atoms with Crippen molar-refractivity contribution in [2.45, 2.75) is 26.4 Å². The van der Waals surface area contributed by atoms with Crippen LogP contribution in [0.5, 0.6) is 5.75 Å². The lowest BCUT2D eigenvalue weighted by Crippen LogP contribution is -2.21. The van der Waals surface area contributed by atoms with Crippen LogP contribution >= 0.6 is 11.6 Å². The van der Waals surface area contributed by atoms with Gasteiger partial charge in [-0.05, 0) is 17.7 Å². The summed E-state index contributed by atoms with van der Waals surface area (Å²) >= 11 is 5.61. The number of rotatable bonds is 6. The maximum absolute atomic E-state index is 5.61. The van der Waals surface area contributed by atoms with Crippen molar-refractivity contribution in [3.8, 4) is 5.75 Å². The fraction of sp³-hybridized carbons (Fsp3) is 0.385. The summed E-state index contributed by atoms with van der Waals surface area (Å²) in [6, 6.07) is 8.47. The largest absolute Gasteiger partial charge is 0.488 e. The first-order valence-electron chi connectivity index (χ1n) is 5.36. The predicted molar refractivity (Wildman–Crippen MR) is 68.9 cm³/mol. The predicted octanol–water partition coefficient (Wildman–Crippen LogP) is 3.32. The Morgan fingerprint density at radius 2 is 2.00 bits per heavy atom. The zero-order valence-electron chi connectivity index (χ0n) is 9.79. The molecule has 1 aromatic carbocycles. The Labute approximate surface area is 102 Å². The molecule has 0 bridgehead atoms. The third kappa shape index (κ3) is 5.19. The summed E-state index contributed by atoms with van der Waals surface area (Å²) < 4.78 is 5.40. The van der Waals surface area contributed by atoms with Gasteiger partial charge in [0, 0.05) is 17.6 Å². The first-order valence-corrected chi connectivity index (χ1v) is 5.74. The van der Waals surface area contributed by atoms with Crippen LogP contribution in [0.2, 0.25) is 0 Å². The highest BCUT2D eigenvalue weighted by molar-refractivity contribution is 6.29. The highest BCUT2D eigenvalue weighted by Crippen LogP contribution is 2.13. The van der Waals surface area contributed by atoms with Crippen molar-refractivity contribution in [2.24, 2.45) is 0 Å². The van der Waals surface area contributed by atoms with Crippen LogP contribution in [-0.2, 0) is 6.54 Å². The Bertz CT molecular complexity index is 332. The number of hydrogen-bond acceptors (Lipinski definition) is 2. The molecule has 3 heteroatoms. The SMILES string of the molecule is C=C(Cl)COc1ccc(CNC(C)C)cc1. The number of nitrogens with one attached hydrogen (secondary N) is 1. The van der Waals surface area contributed by atoms with Crippen LogP contribution in [0.1, 0.15) is 19.4 Å². The molecule has 1 rings (SSSR count). The van der Waals surface area contributed by atoms with Crippen LogP contribution < -0.4 is 10.1 Å². The molecule has 0 atom stereocenters. The second-order valence-corrected chi connectivity index (χ2v) is 4.52. The molecule has 0 heterocycles. The fourth-order valence-corrected chi connectivity index (χ4v) is 1.24. The first-order chi connectivity index (χ1) is 7.58. The van der Waals surface area contributed by atoms with Crippen molar-refractivity contribution in [3.05, 3.63) is 41.4 Å². The van der Waals surface area contributed by atoms with Crippen LogP contribution in [0, 0.1) is 0 Å². The van der Waals surface area contributed by atoms with Crippen molar-refractivity contribution in [1.82, 2.24) is 5.32 Å². The lowest BCUT2D eigenvalue weighted by molar-refractivity contribution is 0.359. The number of ether oxygens (including phenoxy) is 1. The van der Waals surface area contributed by atoms with Crippen LogP contribution in [0.4, 0.5) is 0 Å². The van der Waals surface area contributed by atoms with Crippen molar-refractivity contribution in [1.29, 1.82) is 0 Å². The van der Waals surface area contributed by atoms with Gasteiger partial charge in [-0.2, -0.15) is 0 Å². The molecule has 88 valence electrons. The normalized spacial score (nSPS) is 10.5. The summed E-state index contributed by atoms with van der Waals surface area (Å²) in [6.45, 7) is 9.05. The van der Waals surface area contributed by atoms with Gasteiger partial charge in [-0.1, -0.05) is 44.2 Å². The second-order valence-electron chi connectivity index (χ2n) is 3.99. The van der Waals surface area contributed by atoms with Gasteiger partial charge in [-0.15, -0.1) is 0 Å². The number of hydrogen-bond donors (Lipinski definition) is 1. The summed E-state index contributed by atoms with van der Waals surface area (Å²) in [6.07, 6.45) is 0. The maximum Gasteiger partial charge on any atom is 0.123 e. The molecule has 0 fully saturated rings. The Hall–Kier alpha value is -0.990. The zero-order chi connectivity index (χ0) is 12.0. The van der Waals surface area contributed by atoms with Crippen molar-refractivity contribution >= 4 is 11.6 Å². The summed E-state index contributed by atoms with van der Waals surface area (Å²) in [5.41, 5.74) is 1.24. The zero-order valence-corrected chi connectivity index (χ0v) is 10.6. The van der Waals surface area contributed by atoms with E-state index in [2.05, 4.69) is 25.7 Å². The third-order valence-corrected chi connectivity index (χ3v) is 2.14. The number of halogens is 1. The first kappa shape index (κ1) is 13.1. The van der Waals surface area contributed by atoms with Gasteiger partial charge in [-0.3, -0.25) is 0 Å². The van der Waals surface area contributed by atoms with Crippen LogP contribution in [-0.4, -0.2) is 12.6 Å². The van der Waals surface area contributed by atoms with Crippen molar-refractivity contribution in [3.63, 3.8) is 0 Å². The molecule has 1 aromatic rings. The molecule has 0 aliphatic rings. The van der Waals surface area contributed by atoms with E-state index < -0.39 is 0 Å². The summed E-state index contributed by atoms with van der Waals surface area (Å²) in [7, 11) is 0. The van der Waals surface area contributed by atoms with E-state index in [1.807, 2.05) is 24.3 Å². The van der Waals surface area contributed by atoms with E-state index in [1.54, 1.807) is 0 Å². The van der Waals surface area contributed by atoms with E-state index in [9.17, 15) is 0 Å². The molecule has 0 saturated heterocycles. The molecule has 2 nitrogen and oxygen atoms in total. The van der Waals surface area contributed by atoms with Crippen molar-refractivity contribution < 1.29 is 4.74 Å². The van der Waals surface area contributed by atoms with E-state index in [4.69, 9.17) is 16.3 Å². The minimum absolute atomic E-state index is 0.352. The van der Waals surface area contributed by atoms with Crippen LogP contribution in [0.15, 0.2) is 35.9 Å². The molecule has 16 heavy (non-hydrogen) atoms. The summed E-state index contributed by atoms with van der Waals surface area (Å²) in [5.74, 6) is 0.815. The van der Waals surface area contributed by atoms with Crippen molar-refractivity contribution in [2.75, 3.05) is 6.61 Å². The van der Waals surface area contributed by atoms with Gasteiger partial charge >= 0.3 is 0 Å². The van der Waals surface area contributed by atoms with Crippen LogP contribution in [0.3, 0.4) is 0 Å². The standard InChI is InChI=1S/C13H18ClNO/c1-10(2)15-8-12-4-6-13(7-5-12)16-9-11(3)14/h4-7,10,15H,3,8-9H2,1-2H3. The lowest BCUT2D eigenvalue weighted by atomic mass is 10.2. The third-order valence-electron chi connectivity index (χ3n) is 2.03. The monoisotopic (exact) mass is 239 g/mol. The smallest absolute Gasteiger partial charge is 0.123 e. The fourth-order valence-electron chi connectivity index (χ4n) is 1.19. The van der Waals surface area contributed by atoms with Gasteiger partial charge in [-0.25, -0.2) is 0 Å². The maximum atomic E-state index is 5.61. The molecule has 0 spiro atoms. The lowest BCUT2D eigenvalue weighted by Gasteiger charge is -2.09. The minimum Gasteiger partial charge on any atom is -0.488 e. The Balaban J connectivity index is 2.44. The summed E-state index contributed by atoms with van der Waals surface area (Å²) in [4.78, 5) is 0.